The number of fused-ring (bicyclic) bond motifs is 1. The maximum atomic E-state index is 12.6. The second-order valence-corrected chi connectivity index (χ2v) is 4.51. The molecule has 0 spiro atoms. The molecule has 88 valence electrons. The predicted molar refractivity (Wildman–Crippen MR) is 47.2 cm³/mol. The predicted octanol–water partition coefficient (Wildman–Crippen LogP) is 1.97. The second-order valence-electron chi connectivity index (χ2n) is 4.51. The average molecular weight is 224 g/mol. The van der Waals surface area contributed by atoms with Gasteiger partial charge < -0.3 is 9.84 Å². The van der Waals surface area contributed by atoms with Crippen LogP contribution in [0, 0.1) is 17.8 Å². The van der Waals surface area contributed by atoms with E-state index in [1.54, 1.807) is 0 Å². The largest absolute Gasteiger partial charge is 0.396 e. The molecule has 2 fully saturated rings. The minimum atomic E-state index is -4.15. The lowest BCUT2D eigenvalue weighted by molar-refractivity contribution is -0.199. The van der Waals surface area contributed by atoms with E-state index in [1.165, 1.54) is 0 Å². The van der Waals surface area contributed by atoms with Gasteiger partial charge in [0.05, 0.1) is 12.0 Å². The summed E-state index contributed by atoms with van der Waals surface area (Å²) in [6, 6.07) is 0. The van der Waals surface area contributed by atoms with E-state index in [1.807, 2.05) is 0 Å². The van der Waals surface area contributed by atoms with Crippen LogP contribution in [0.3, 0.4) is 0 Å². The summed E-state index contributed by atoms with van der Waals surface area (Å²) >= 11 is 0. The van der Waals surface area contributed by atoms with Gasteiger partial charge in [-0.25, -0.2) is 0 Å². The average Bonchev–Trinajstić information content (AvgIpc) is 2.62. The van der Waals surface area contributed by atoms with Gasteiger partial charge in [-0.1, -0.05) is 0 Å². The van der Waals surface area contributed by atoms with Gasteiger partial charge in [0.2, 0.25) is 0 Å². The molecule has 0 radical (unpaired) electrons. The maximum absolute atomic E-state index is 12.6. The molecule has 4 atom stereocenters. The van der Waals surface area contributed by atoms with Crippen LogP contribution in [0.2, 0.25) is 0 Å². The van der Waals surface area contributed by atoms with Gasteiger partial charge >= 0.3 is 6.18 Å². The van der Waals surface area contributed by atoms with Crippen molar-refractivity contribution in [1.29, 1.82) is 0 Å². The summed E-state index contributed by atoms with van der Waals surface area (Å²) < 4.78 is 43.0. The molecule has 0 unspecified atom stereocenters. The highest BCUT2D eigenvalue weighted by molar-refractivity contribution is 4.91. The Morgan fingerprint density at radius 1 is 1.27 bits per heavy atom. The topological polar surface area (TPSA) is 29.5 Å². The van der Waals surface area contributed by atoms with Crippen molar-refractivity contribution in [2.75, 3.05) is 13.2 Å². The van der Waals surface area contributed by atoms with Gasteiger partial charge in [-0.15, -0.1) is 0 Å². The lowest BCUT2D eigenvalue weighted by atomic mass is 9.72. The summed E-state index contributed by atoms with van der Waals surface area (Å²) in [7, 11) is 0. The fraction of sp³-hybridized carbons (Fsp3) is 1.00. The minimum absolute atomic E-state index is 0.0600. The molecule has 2 rings (SSSR count). The van der Waals surface area contributed by atoms with Gasteiger partial charge in [0.25, 0.3) is 0 Å². The summed E-state index contributed by atoms with van der Waals surface area (Å²) in [4.78, 5) is 0. The van der Waals surface area contributed by atoms with E-state index in [0.717, 1.165) is 6.42 Å². The first-order chi connectivity index (χ1) is 7.02. The third-order valence-corrected chi connectivity index (χ3v) is 3.67. The van der Waals surface area contributed by atoms with Crippen LogP contribution in [0.15, 0.2) is 0 Å². The number of halogens is 3. The molecule has 0 amide bonds. The van der Waals surface area contributed by atoms with E-state index in [9.17, 15) is 13.2 Å². The molecule has 0 aromatic carbocycles. The number of ether oxygens (including phenoxy) is 1. The molecule has 15 heavy (non-hydrogen) atoms. The Balaban J connectivity index is 2.08. The van der Waals surface area contributed by atoms with Crippen LogP contribution < -0.4 is 0 Å². The van der Waals surface area contributed by atoms with E-state index in [2.05, 4.69) is 0 Å². The quantitative estimate of drug-likeness (QED) is 0.738. The molecule has 1 aliphatic heterocycles. The first-order valence-corrected chi connectivity index (χ1v) is 5.31. The van der Waals surface area contributed by atoms with Crippen molar-refractivity contribution in [2.24, 2.45) is 17.8 Å². The van der Waals surface area contributed by atoms with Crippen LogP contribution in [-0.4, -0.2) is 30.6 Å². The number of rotatable bonds is 1. The first kappa shape index (κ1) is 11.2. The molecular weight excluding hydrogens is 209 g/mol. The summed E-state index contributed by atoms with van der Waals surface area (Å²) in [5, 5.41) is 9.10. The number of aliphatic hydroxyl groups is 1. The van der Waals surface area contributed by atoms with Gasteiger partial charge in [-0.2, -0.15) is 13.2 Å². The van der Waals surface area contributed by atoms with Crippen molar-refractivity contribution >= 4 is 0 Å². The third-order valence-electron chi connectivity index (χ3n) is 3.67. The monoisotopic (exact) mass is 224 g/mol. The van der Waals surface area contributed by atoms with Crippen LogP contribution in [0.4, 0.5) is 13.2 Å². The normalized spacial score (nSPS) is 41.6. The Morgan fingerprint density at radius 3 is 2.60 bits per heavy atom. The lowest BCUT2D eigenvalue weighted by Crippen LogP contribution is -2.40. The van der Waals surface area contributed by atoms with Crippen LogP contribution in [0.5, 0.6) is 0 Å². The molecule has 1 aliphatic carbocycles. The fourth-order valence-electron chi connectivity index (χ4n) is 2.84. The molecule has 1 saturated carbocycles. The Hall–Kier alpha value is -0.290. The highest BCUT2D eigenvalue weighted by Gasteiger charge is 2.50. The third kappa shape index (κ3) is 2.13. The molecule has 0 aromatic rings. The molecule has 2 nitrogen and oxygen atoms in total. The molecular formula is C10H15F3O2. The summed E-state index contributed by atoms with van der Waals surface area (Å²) in [5.74, 6) is -1.40. The highest BCUT2D eigenvalue weighted by Crippen LogP contribution is 2.46. The van der Waals surface area contributed by atoms with Crippen molar-refractivity contribution in [3.8, 4) is 0 Å². The molecule has 1 saturated heterocycles. The van der Waals surface area contributed by atoms with Gasteiger partial charge in [0, 0.05) is 13.2 Å². The van der Waals surface area contributed by atoms with Crippen molar-refractivity contribution in [3.63, 3.8) is 0 Å². The van der Waals surface area contributed by atoms with Crippen LogP contribution >= 0.6 is 0 Å². The molecule has 1 heterocycles. The van der Waals surface area contributed by atoms with Gasteiger partial charge in [-0.05, 0) is 31.1 Å². The number of aliphatic hydroxyl groups excluding tert-OH is 1. The van der Waals surface area contributed by atoms with E-state index in [4.69, 9.17) is 9.84 Å². The molecule has 0 bridgehead atoms. The van der Waals surface area contributed by atoms with Crippen molar-refractivity contribution in [2.45, 2.75) is 31.5 Å². The van der Waals surface area contributed by atoms with E-state index < -0.39 is 12.1 Å². The fourth-order valence-corrected chi connectivity index (χ4v) is 2.84. The van der Waals surface area contributed by atoms with E-state index in [-0.39, 0.29) is 37.4 Å². The van der Waals surface area contributed by atoms with Gasteiger partial charge in [0.15, 0.2) is 0 Å². The first-order valence-electron chi connectivity index (χ1n) is 5.31. The zero-order valence-electron chi connectivity index (χ0n) is 8.33. The Bertz CT molecular complexity index is 229. The summed E-state index contributed by atoms with van der Waals surface area (Å²) in [6.07, 6.45) is -3.51. The maximum Gasteiger partial charge on any atom is 0.391 e. The smallest absolute Gasteiger partial charge is 0.391 e. The Kier molecular flexibility index (Phi) is 2.94. The zero-order chi connectivity index (χ0) is 11.1. The summed E-state index contributed by atoms with van der Waals surface area (Å²) in [5.41, 5.74) is 0. The van der Waals surface area contributed by atoms with Crippen LogP contribution in [-0.2, 0) is 4.74 Å². The Labute approximate surface area is 86.4 Å². The molecule has 2 aliphatic rings. The molecule has 0 aromatic heterocycles. The van der Waals surface area contributed by atoms with Crippen LogP contribution in [0.25, 0.3) is 0 Å². The van der Waals surface area contributed by atoms with Gasteiger partial charge in [0.1, 0.15) is 0 Å². The minimum Gasteiger partial charge on any atom is -0.396 e. The lowest BCUT2D eigenvalue weighted by Gasteiger charge is -2.37. The van der Waals surface area contributed by atoms with Crippen molar-refractivity contribution in [1.82, 2.24) is 0 Å². The Morgan fingerprint density at radius 2 is 2.00 bits per heavy atom. The molecule has 5 heteroatoms. The van der Waals surface area contributed by atoms with Crippen molar-refractivity contribution in [3.05, 3.63) is 0 Å². The summed E-state index contributed by atoms with van der Waals surface area (Å²) in [6.45, 7) is 0.382. The number of alkyl halides is 3. The van der Waals surface area contributed by atoms with Crippen LogP contribution in [0.1, 0.15) is 19.3 Å². The zero-order valence-corrected chi connectivity index (χ0v) is 8.33. The van der Waals surface area contributed by atoms with Crippen molar-refractivity contribution < 1.29 is 23.0 Å². The van der Waals surface area contributed by atoms with Gasteiger partial charge in [-0.3, -0.25) is 0 Å². The molecule has 1 N–H and O–H groups in total. The number of hydrogen-bond acceptors (Lipinski definition) is 2. The number of hydrogen-bond donors (Lipinski definition) is 1. The standard InChI is InChI=1S/C10H15F3O2/c11-10(12,13)7-3-6(5-14)8-1-2-15-9(8)4-7/h6-9,14H,1-5H2/t6-,7-,8+,9+/m0/s1. The SMILES string of the molecule is OC[C@@H]1C[C@H](C(F)(F)F)C[C@H]2OCC[C@H]12. The van der Waals surface area contributed by atoms with E-state index in [0.29, 0.717) is 6.61 Å². The highest BCUT2D eigenvalue weighted by atomic mass is 19.4. The second kappa shape index (κ2) is 3.94. The van der Waals surface area contributed by atoms with E-state index >= 15 is 0 Å².